The lowest BCUT2D eigenvalue weighted by Gasteiger charge is -2.36. The molecule has 1 aromatic carbocycles. The van der Waals surface area contributed by atoms with E-state index in [0.29, 0.717) is 36.2 Å². The van der Waals surface area contributed by atoms with Gasteiger partial charge in [-0.05, 0) is 67.5 Å². The molecule has 1 aliphatic carbocycles. The smallest absolute Gasteiger partial charge is 0.251 e. The summed E-state index contributed by atoms with van der Waals surface area (Å²) in [6, 6.07) is 9.73. The number of pyridine rings is 1. The van der Waals surface area contributed by atoms with E-state index in [1.807, 2.05) is 11.0 Å². The minimum Gasteiger partial charge on any atom is -0.486 e. The van der Waals surface area contributed by atoms with Crippen molar-refractivity contribution < 1.29 is 23.8 Å². The lowest BCUT2D eigenvalue weighted by molar-refractivity contribution is -0.139. The Kier molecular flexibility index (Phi) is 9.18. The van der Waals surface area contributed by atoms with Gasteiger partial charge in [-0.3, -0.25) is 14.5 Å². The van der Waals surface area contributed by atoms with Crippen molar-refractivity contribution in [3.63, 3.8) is 0 Å². The number of benzene rings is 1. The van der Waals surface area contributed by atoms with Gasteiger partial charge in [-0.15, -0.1) is 0 Å². The first-order valence-electron chi connectivity index (χ1n) is 15.3. The Bertz CT molecular complexity index is 1390. The molecule has 2 aromatic heterocycles. The summed E-state index contributed by atoms with van der Waals surface area (Å²) >= 11 is 0. The van der Waals surface area contributed by atoms with Crippen molar-refractivity contribution in [1.82, 2.24) is 25.1 Å². The van der Waals surface area contributed by atoms with E-state index >= 15 is 0 Å². The minimum absolute atomic E-state index is 0.162. The largest absolute Gasteiger partial charge is 0.486 e. The number of oxazole rings is 1. The van der Waals surface area contributed by atoms with Crippen LogP contribution in [0.1, 0.15) is 59.3 Å². The molecule has 1 atom stereocenters. The third-order valence-corrected chi connectivity index (χ3v) is 8.74. The zero-order chi connectivity index (χ0) is 29.6. The van der Waals surface area contributed by atoms with Crippen molar-refractivity contribution in [3.05, 3.63) is 71.6 Å². The zero-order valence-electron chi connectivity index (χ0n) is 24.4. The summed E-state index contributed by atoms with van der Waals surface area (Å²) in [6.07, 6.45) is 9.78. The number of hydrogen-bond donors (Lipinski definition) is 3. The summed E-state index contributed by atoms with van der Waals surface area (Å²) < 4.78 is 11.0. The van der Waals surface area contributed by atoms with Gasteiger partial charge < -0.3 is 29.8 Å². The van der Waals surface area contributed by atoms with Gasteiger partial charge in [0.05, 0.1) is 12.3 Å². The molecule has 3 aliphatic rings. The van der Waals surface area contributed by atoms with Gasteiger partial charge >= 0.3 is 0 Å². The van der Waals surface area contributed by atoms with Crippen LogP contribution in [-0.2, 0) is 24.4 Å². The van der Waals surface area contributed by atoms with Crippen LogP contribution in [0, 0.1) is 5.92 Å². The highest BCUT2D eigenvalue weighted by molar-refractivity contribution is 5.94. The van der Waals surface area contributed by atoms with Crippen LogP contribution in [0.4, 0.5) is 5.82 Å². The van der Waals surface area contributed by atoms with Crippen molar-refractivity contribution in [1.29, 1.82) is 0 Å². The van der Waals surface area contributed by atoms with E-state index in [-0.39, 0.29) is 24.4 Å². The minimum atomic E-state index is -0.692. The summed E-state index contributed by atoms with van der Waals surface area (Å²) in [6.45, 7) is 4.03. The Balaban J connectivity index is 0.923. The van der Waals surface area contributed by atoms with Crippen LogP contribution in [0.3, 0.4) is 0 Å². The highest BCUT2D eigenvalue weighted by Crippen LogP contribution is 2.29. The van der Waals surface area contributed by atoms with E-state index in [1.165, 1.54) is 23.9 Å². The average molecular weight is 589 g/mol. The Morgan fingerprint density at radius 3 is 2.72 bits per heavy atom. The number of ether oxygens (including phenoxy) is 1. The maximum atomic E-state index is 12.9. The maximum absolute atomic E-state index is 12.9. The molecule has 0 radical (unpaired) electrons. The number of piperidine rings is 1. The molecule has 0 spiro atoms. The molecule has 228 valence electrons. The molecule has 2 amide bonds. The SMILES string of the molecule is O=C(NCC(O)CN1CCc2cc(OCc3cnco3)ccc2C1)c1ccnc(NC2CCN(C(=O)C3CCC3)CC2)c1. The van der Waals surface area contributed by atoms with E-state index in [9.17, 15) is 14.7 Å². The molecule has 11 heteroatoms. The molecule has 0 bridgehead atoms. The molecule has 3 aromatic rings. The number of carbonyl (C=O) groups excluding carboxylic acids is 2. The van der Waals surface area contributed by atoms with Gasteiger partial charge in [-0.25, -0.2) is 9.97 Å². The summed E-state index contributed by atoms with van der Waals surface area (Å²) in [5, 5.41) is 17.0. The first-order chi connectivity index (χ1) is 21.0. The molecule has 11 nitrogen and oxygen atoms in total. The summed E-state index contributed by atoms with van der Waals surface area (Å²) in [7, 11) is 0. The predicted octanol–water partition coefficient (Wildman–Crippen LogP) is 3.00. The normalized spacial score (nSPS) is 18.4. The second-order valence-corrected chi connectivity index (χ2v) is 11.8. The van der Waals surface area contributed by atoms with Crippen molar-refractivity contribution in [2.45, 2.75) is 63.8 Å². The Morgan fingerprint density at radius 1 is 1.09 bits per heavy atom. The van der Waals surface area contributed by atoms with Gasteiger partial charge in [0.15, 0.2) is 12.2 Å². The highest BCUT2D eigenvalue weighted by atomic mass is 16.5. The van der Waals surface area contributed by atoms with Crippen molar-refractivity contribution >= 4 is 17.6 Å². The summed E-state index contributed by atoms with van der Waals surface area (Å²) in [5.74, 6) is 2.43. The lowest BCUT2D eigenvalue weighted by atomic mass is 9.84. The fourth-order valence-electron chi connectivity index (χ4n) is 5.99. The number of aromatic nitrogens is 2. The van der Waals surface area contributed by atoms with Crippen LogP contribution in [0.2, 0.25) is 0 Å². The van der Waals surface area contributed by atoms with Crippen molar-refractivity contribution in [3.8, 4) is 5.75 Å². The average Bonchev–Trinajstić information content (AvgIpc) is 3.52. The topological polar surface area (TPSA) is 133 Å². The first-order valence-corrected chi connectivity index (χ1v) is 15.3. The summed E-state index contributed by atoms with van der Waals surface area (Å²) in [5.41, 5.74) is 2.95. The van der Waals surface area contributed by atoms with Crippen molar-refractivity contribution in [2.24, 2.45) is 5.92 Å². The molecule has 43 heavy (non-hydrogen) atoms. The number of aliphatic hydroxyl groups is 1. The number of fused-ring (bicyclic) bond motifs is 1. The number of hydrogen-bond acceptors (Lipinski definition) is 9. The van der Waals surface area contributed by atoms with Crippen LogP contribution >= 0.6 is 0 Å². The molecule has 2 fully saturated rings. The van der Waals surface area contributed by atoms with E-state index in [1.54, 1.807) is 24.5 Å². The molecule has 1 saturated heterocycles. The predicted molar refractivity (Wildman–Crippen MR) is 159 cm³/mol. The van der Waals surface area contributed by atoms with E-state index in [4.69, 9.17) is 9.15 Å². The summed E-state index contributed by atoms with van der Waals surface area (Å²) in [4.78, 5) is 37.9. The number of amides is 2. The third-order valence-electron chi connectivity index (χ3n) is 8.74. The van der Waals surface area contributed by atoms with Crippen molar-refractivity contribution in [2.75, 3.05) is 38.0 Å². The Morgan fingerprint density at radius 2 is 1.95 bits per heavy atom. The van der Waals surface area contributed by atoms with Gasteiger partial charge in [0, 0.05) is 63.0 Å². The van der Waals surface area contributed by atoms with E-state index in [0.717, 1.165) is 64.0 Å². The van der Waals surface area contributed by atoms with Crippen LogP contribution in [0.5, 0.6) is 5.75 Å². The number of rotatable bonds is 11. The standard InChI is InChI=1S/C32H40N6O5/c39-27(19-37-11-7-23-14-28(5-4-25(23)18-37)42-20-29-17-33-21-43-29)16-35-31(40)24-6-10-34-30(15-24)36-26-8-12-38(13-9-26)32(41)22-2-1-3-22/h4-6,10,14-15,17,21-22,26-27,39H,1-3,7-9,11-13,16,18-20H2,(H,34,36)(H,35,40). The molecule has 4 heterocycles. The van der Waals surface area contributed by atoms with E-state index in [2.05, 4.69) is 37.6 Å². The molecule has 3 N–H and O–H groups in total. The molecule has 1 unspecified atom stereocenters. The Hall–Kier alpha value is -3.96. The van der Waals surface area contributed by atoms with Gasteiger partial charge in [-0.2, -0.15) is 0 Å². The fraction of sp³-hybridized carbons (Fsp3) is 0.500. The lowest BCUT2D eigenvalue weighted by Crippen LogP contribution is -2.46. The number of nitrogens with one attached hydrogen (secondary N) is 2. The Labute approximate surface area is 251 Å². The number of likely N-dealkylation sites (tertiary alicyclic amines) is 1. The number of aliphatic hydroxyl groups excluding tert-OH is 1. The number of carbonyl (C=O) groups is 2. The van der Waals surface area contributed by atoms with Gasteiger partial charge in [-0.1, -0.05) is 12.5 Å². The number of β-amino-alcohol motifs (C(OH)–C–C–N with tert-alkyl or cyclic N) is 1. The van der Waals surface area contributed by atoms with Crippen LogP contribution in [-0.4, -0.2) is 81.6 Å². The molecular weight excluding hydrogens is 548 g/mol. The number of nitrogens with zero attached hydrogens (tertiary/aromatic N) is 4. The second kappa shape index (κ2) is 13.6. The maximum Gasteiger partial charge on any atom is 0.251 e. The second-order valence-electron chi connectivity index (χ2n) is 11.8. The first kappa shape index (κ1) is 29.1. The van der Waals surface area contributed by atoms with Gasteiger partial charge in [0.1, 0.15) is 18.2 Å². The quantitative estimate of drug-likeness (QED) is 0.309. The fourth-order valence-corrected chi connectivity index (χ4v) is 5.99. The third kappa shape index (κ3) is 7.52. The van der Waals surface area contributed by atoms with Gasteiger partial charge in [0.2, 0.25) is 5.91 Å². The number of anilines is 1. The van der Waals surface area contributed by atoms with E-state index < -0.39 is 6.10 Å². The van der Waals surface area contributed by atoms with Crippen LogP contribution in [0.25, 0.3) is 0 Å². The molecule has 6 rings (SSSR count). The zero-order valence-corrected chi connectivity index (χ0v) is 24.4. The molecule has 2 aliphatic heterocycles. The molecular formula is C32H40N6O5. The van der Waals surface area contributed by atoms with Crippen LogP contribution in [0.15, 0.2) is 53.5 Å². The van der Waals surface area contributed by atoms with Gasteiger partial charge in [0.25, 0.3) is 5.91 Å². The monoisotopic (exact) mass is 588 g/mol. The molecule has 1 saturated carbocycles. The van der Waals surface area contributed by atoms with Crippen LogP contribution < -0.4 is 15.4 Å². The highest BCUT2D eigenvalue weighted by Gasteiger charge is 2.31.